The summed E-state index contributed by atoms with van der Waals surface area (Å²) < 4.78 is 10.7. The average Bonchev–Trinajstić information content (AvgIpc) is 2.49. The lowest BCUT2D eigenvalue weighted by atomic mass is 10.3. The van der Waals surface area contributed by atoms with Crippen LogP contribution in [0.4, 0.5) is 4.79 Å². The van der Waals surface area contributed by atoms with Crippen molar-refractivity contribution < 1.29 is 23.9 Å². The van der Waals surface area contributed by atoms with Crippen molar-refractivity contribution in [1.82, 2.24) is 10.6 Å². The van der Waals surface area contributed by atoms with E-state index >= 15 is 0 Å². The highest BCUT2D eigenvalue weighted by atomic mass is 79.9. The Balaban J connectivity index is 2.22. The van der Waals surface area contributed by atoms with E-state index in [1.807, 2.05) is 18.3 Å². The molecule has 0 unspecified atom stereocenters. The number of esters is 1. The summed E-state index contributed by atoms with van der Waals surface area (Å²) in [6.07, 6.45) is 0.754. The van der Waals surface area contributed by atoms with Crippen molar-refractivity contribution in [3.63, 3.8) is 0 Å². The van der Waals surface area contributed by atoms with Crippen LogP contribution in [0.3, 0.4) is 0 Å². The minimum absolute atomic E-state index is 0.328. The Morgan fingerprint density at radius 1 is 1.23 bits per heavy atom. The summed E-state index contributed by atoms with van der Waals surface area (Å²) in [4.78, 5) is 34.0. The zero-order chi connectivity index (χ0) is 16.4. The normalized spacial score (nSPS) is 9.73. The number of rotatable bonds is 7. The highest BCUT2D eigenvalue weighted by molar-refractivity contribution is 9.10. The molecule has 7 nitrogen and oxygen atoms in total. The largest absolute Gasteiger partial charge is 0.482 e. The second-order valence-corrected chi connectivity index (χ2v) is 5.13. The number of nitrogens with one attached hydrogen (secondary N) is 2. The Kier molecular flexibility index (Phi) is 7.98. The van der Waals surface area contributed by atoms with Gasteiger partial charge in [-0.3, -0.25) is 10.1 Å². The van der Waals surface area contributed by atoms with E-state index in [0.717, 1.165) is 10.9 Å². The number of carbonyl (C=O) groups is 3. The number of carbonyl (C=O) groups excluding carboxylic acids is 3. The van der Waals surface area contributed by atoms with Crippen LogP contribution in [-0.2, 0) is 14.3 Å². The van der Waals surface area contributed by atoms with Gasteiger partial charge in [0.15, 0.2) is 13.2 Å². The fourth-order valence-corrected chi connectivity index (χ4v) is 1.71. The van der Waals surface area contributed by atoms with Gasteiger partial charge in [0.05, 0.1) is 0 Å². The average molecular weight is 373 g/mol. The van der Waals surface area contributed by atoms with Gasteiger partial charge in [0.2, 0.25) is 0 Å². The fraction of sp³-hybridized carbons (Fsp3) is 0.357. The van der Waals surface area contributed by atoms with E-state index in [-0.39, 0.29) is 6.61 Å². The maximum absolute atomic E-state index is 11.4. The quantitative estimate of drug-likeness (QED) is 0.709. The maximum Gasteiger partial charge on any atom is 0.344 e. The lowest BCUT2D eigenvalue weighted by Gasteiger charge is -2.08. The Bertz CT molecular complexity index is 536. The fourth-order valence-electron chi connectivity index (χ4n) is 1.33. The predicted molar refractivity (Wildman–Crippen MR) is 82.4 cm³/mol. The first kappa shape index (κ1) is 18.0. The smallest absolute Gasteiger partial charge is 0.344 e. The van der Waals surface area contributed by atoms with Gasteiger partial charge >= 0.3 is 12.0 Å². The number of urea groups is 1. The van der Waals surface area contributed by atoms with E-state index in [9.17, 15) is 14.4 Å². The summed E-state index contributed by atoms with van der Waals surface area (Å²) >= 11 is 3.27. The number of benzene rings is 1. The van der Waals surface area contributed by atoms with Crippen LogP contribution in [0, 0.1) is 0 Å². The Labute approximate surface area is 136 Å². The zero-order valence-corrected chi connectivity index (χ0v) is 13.6. The van der Waals surface area contributed by atoms with Crippen LogP contribution >= 0.6 is 15.9 Å². The van der Waals surface area contributed by atoms with Gasteiger partial charge in [0.1, 0.15) is 5.75 Å². The maximum atomic E-state index is 11.4. The van der Waals surface area contributed by atoms with Crippen LogP contribution in [0.5, 0.6) is 5.75 Å². The van der Waals surface area contributed by atoms with Crippen molar-refractivity contribution in [3.8, 4) is 5.75 Å². The van der Waals surface area contributed by atoms with Crippen molar-refractivity contribution in [2.24, 2.45) is 0 Å². The van der Waals surface area contributed by atoms with Gasteiger partial charge in [-0.25, -0.2) is 9.59 Å². The lowest BCUT2D eigenvalue weighted by Crippen LogP contribution is -2.41. The summed E-state index contributed by atoms with van der Waals surface area (Å²) in [5, 5.41) is 4.50. The molecule has 120 valence electrons. The first-order chi connectivity index (χ1) is 10.5. The van der Waals surface area contributed by atoms with Gasteiger partial charge in [-0.1, -0.05) is 28.9 Å². The number of hydrogen-bond acceptors (Lipinski definition) is 5. The lowest BCUT2D eigenvalue weighted by molar-refractivity contribution is -0.150. The van der Waals surface area contributed by atoms with Gasteiger partial charge in [-0.2, -0.15) is 0 Å². The first-order valence-corrected chi connectivity index (χ1v) is 7.42. The molecule has 0 saturated carbocycles. The van der Waals surface area contributed by atoms with Crippen LogP contribution in [0.2, 0.25) is 0 Å². The summed E-state index contributed by atoms with van der Waals surface area (Å²) in [6, 6.07) is 6.33. The molecule has 0 heterocycles. The molecule has 8 heteroatoms. The topological polar surface area (TPSA) is 93.7 Å². The zero-order valence-electron chi connectivity index (χ0n) is 12.1. The summed E-state index contributed by atoms with van der Waals surface area (Å²) in [7, 11) is 0. The molecule has 0 saturated heterocycles. The second kappa shape index (κ2) is 9.78. The Morgan fingerprint density at radius 3 is 2.68 bits per heavy atom. The van der Waals surface area contributed by atoms with Crippen molar-refractivity contribution in [2.45, 2.75) is 13.3 Å². The van der Waals surface area contributed by atoms with Gasteiger partial charge in [-0.15, -0.1) is 0 Å². The number of halogens is 1. The Hall–Kier alpha value is -2.09. The highest BCUT2D eigenvalue weighted by Crippen LogP contribution is 2.17. The molecule has 0 aliphatic carbocycles. The van der Waals surface area contributed by atoms with E-state index in [0.29, 0.717) is 12.3 Å². The van der Waals surface area contributed by atoms with Crippen LogP contribution in [0.25, 0.3) is 0 Å². The highest BCUT2D eigenvalue weighted by Gasteiger charge is 2.11. The van der Waals surface area contributed by atoms with Crippen molar-refractivity contribution in [1.29, 1.82) is 0 Å². The van der Waals surface area contributed by atoms with Gasteiger partial charge in [0, 0.05) is 11.0 Å². The standard InChI is InChI=1S/C14H17BrN2O5/c1-2-6-16-14(20)17-12(18)8-22-13(19)9-21-11-5-3-4-10(15)7-11/h3-5,7H,2,6,8-9H2,1H3,(H2,16,17,18,20). The molecule has 0 aliphatic rings. The molecule has 2 N–H and O–H groups in total. The van der Waals surface area contributed by atoms with Crippen molar-refractivity contribution in [2.75, 3.05) is 19.8 Å². The SMILES string of the molecule is CCCNC(=O)NC(=O)COC(=O)COc1cccc(Br)c1. The van der Waals surface area contributed by atoms with Crippen LogP contribution in [0.1, 0.15) is 13.3 Å². The molecule has 0 aliphatic heterocycles. The molecular formula is C14H17BrN2O5. The minimum Gasteiger partial charge on any atom is -0.482 e. The molecule has 0 aromatic heterocycles. The Morgan fingerprint density at radius 2 is 2.00 bits per heavy atom. The van der Waals surface area contributed by atoms with E-state index in [1.54, 1.807) is 18.2 Å². The molecule has 0 spiro atoms. The van der Waals surface area contributed by atoms with E-state index in [4.69, 9.17) is 9.47 Å². The molecule has 1 rings (SSSR count). The van der Waals surface area contributed by atoms with Crippen molar-refractivity contribution >= 4 is 33.8 Å². The number of ether oxygens (including phenoxy) is 2. The van der Waals surface area contributed by atoms with Crippen LogP contribution in [-0.4, -0.2) is 37.7 Å². The number of imide groups is 1. The third kappa shape index (κ3) is 7.63. The molecular weight excluding hydrogens is 356 g/mol. The number of hydrogen-bond donors (Lipinski definition) is 2. The minimum atomic E-state index is -0.705. The molecule has 0 fully saturated rings. The molecule has 22 heavy (non-hydrogen) atoms. The second-order valence-electron chi connectivity index (χ2n) is 4.21. The molecule has 3 amide bonds. The summed E-state index contributed by atoms with van der Waals surface area (Å²) in [5.41, 5.74) is 0. The molecule has 1 aromatic carbocycles. The van der Waals surface area contributed by atoms with E-state index in [2.05, 4.69) is 21.2 Å². The molecule has 0 radical (unpaired) electrons. The van der Waals surface area contributed by atoms with Crippen LogP contribution in [0.15, 0.2) is 28.7 Å². The summed E-state index contributed by atoms with van der Waals surface area (Å²) in [6.45, 7) is 1.47. The van der Waals surface area contributed by atoms with Crippen LogP contribution < -0.4 is 15.4 Å². The van der Waals surface area contributed by atoms with E-state index in [1.165, 1.54) is 0 Å². The van der Waals surface area contributed by atoms with E-state index < -0.39 is 24.5 Å². The molecule has 1 aromatic rings. The predicted octanol–water partition coefficient (Wildman–Crippen LogP) is 1.61. The van der Waals surface area contributed by atoms with Gasteiger partial charge < -0.3 is 14.8 Å². The monoisotopic (exact) mass is 372 g/mol. The number of amides is 3. The third-order valence-corrected chi connectivity index (χ3v) is 2.80. The molecule has 0 atom stereocenters. The summed E-state index contributed by atoms with van der Waals surface area (Å²) in [5.74, 6) is -0.914. The van der Waals surface area contributed by atoms with Crippen molar-refractivity contribution in [3.05, 3.63) is 28.7 Å². The van der Waals surface area contributed by atoms with Gasteiger partial charge in [0.25, 0.3) is 5.91 Å². The third-order valence-electron chi connectivity index (χ3n) is 2.31. The molecule has 0 bridgehead atoms. The van der Waals surface area contributed by atoms with Gasteiger partial charge in [-0.05, 0) is 24.6 Å². The first-order valence-electron chi connectivity index (χ1n) is 6.63.